The summed E-state index contributed by atoms with van der Waals surface area (Å²) in [5.74, 6) is -0.954. The van der Waals surface area contributed by atoms with Crippen LogP contribution in [0.25, 0.3) is 0 Å². The van der Waals surface area contributed by atoms with Crippen LogP contribution in [0.2, 0.25) is 0 Å². The Balaban J connectivity index is 1.99. The lowest BCUT2D eigenvalue weighted by molar-refractivity contribution is -0.142. The minimum Gasteiger partial charge on any atom is -0.469 e. The van der Waals surface area contributed by atoms with Gasteiger partial charge in [-0.1, -0.05) is 15.9 Å². The molecule has 22 heavy (non-hydrogen) atoms. The number of hydrogen-bond acceptors (Lipinski definition) is 5. The molecule has 1 amide bonds. The van der Waals surface area contributed by atoms with Crippen LogP contribution in [-0.2, 0) is 14.3 Å². The van der Waals surface area contributed by atoms with E-state index in [0.717, 1.165) is 29.7 Å². The first kappa shape index (κ1) is 16.8. The van der Waals surface area contributed by atoms with Gasteiger partial charge in [0.25, 0.3) is 0 Å². The minimum atomic E-state index is -0.558. The first-order valence-corrected chi connectivity index (χ1v) is 8.01. The Morgan fingerprint density at radius 2 is 2.23 bits per heavy atom. The lowest BCUT2D eigenvalue weighted by Gasteiger charge is -2.16. The fourth-order valence-corrected chi connectivity index (χ4v) is 2.70. The van der Waals surface area contributed by atoms with E-state index in [2.05, 4.69) is 36.6 Å². The molecule has 1 saturated heterocycles. The molecule has 3 N–H and O–H groups in total. The highest BCUT2D eigenvalue weighted by atomic mass is 79.9. The molecule has 0 aromatic heterocycles. The Kier molecular flexibility index (Phi) is 6.21. The molecule has 2 rings (SSSR count). The van der Waals surface area contributed by atoms with Gasteiger partial charge in [0.05, 0.1) is 18.5 Å². The standard InChI is InChI=1S/C15H20BrN3O3/c1-22-15(21)8-14(20)19-13-7-10(16)4-5-12(13)18-9-11-3-2-6-17-11/h4-5,7,11,17-18H,2-3,6,8-9H2,1H3,(H,19,20). The van der Waals surface area contributed by atoms with Crippen molar-refractivity contribution >= 4 is 39.2 Å². The second kappa shape index (κ2) is 8.14. The van der Waals surface area contributed by atoms with Crippen LogP contribution >= 0.6 is 15.9 Å². The van der Waals surface area contributed by atoms with E-state index >= 15 is 0 Å². The van der Waals surface area contributed by atoms with Crippen LogP contribution in [0.5, 0.6) is 0 Å². The van der Waals surface area contributed by atoms with Crippen LogP contribution in [-0.4, -0.2) is 38.1 Å². The molecule has 6 nitrogen and oxygen atoms in total. The van der Waals surface area contributed by atoms with Crippen molar-refractivity contribution in [1.82, 2.24) is 5.32 Å². The zero-order valence-corrected chi connectivity index (χ0v) is 14.0. The zero-order chi connectivity index (χ0) is 15.9. The van der Waals surface area contributed by atoms with E-state index in [9.17, 15) is 9.59 Å². The number of anilines is 2. The van der Waals surface area contributed by atoms with Gasteiger partial charge in [-0.25, -0.2) is 0 Å². The number of benzene rings is 1. The minimum absolute atomic E-state index is 0.299. The molecule has 1 heterocycles. The molecule has 7 heteroatoms. The number of esters is 1. The molecule has 0 spiro atoms. The lowest BCUT2D eigenvalue weighted by Crippen LogP contribution is -2.29. The van der Waals surface area contributed by atoms with Gasteiger partial charge in [0.1, 0.15) is 6.42 Å². The summed E-state index contributed by atoms with van der Waals surface area (Å²) in [6.07, 6.45) is 2.04. The summed E-state index contributed by atoms with van der Waals surface area (Å²) in [6, 6.07) is 6.05. The smallest absolute Gasteiger partial charge is 0.315 e. The topological polar surface area (TPSA) is 79.5 Å². The van der Waals surface area contributed by atoms with Crippen LogP contribution in [0.15, 0.2) is 22.7 Å². The summed E-state index contributed by atoms with van der Waals surface area (Å²) in [5, 5.41) is 9.49. The molecule has 0 saturated carbocycles. The highest BCUT2D eigenvalue weighted by molar-refractivity contribution is 9.10. The molecule has 1 aliphatic rings. The molecule has 1 atom stereocenters. The number of halogens is 1. The van der Waals surface area contributed by atoms with Crippen LogP contribution in [0, 0.1) is 0 Å². The monoisotopic (exact) mass is 369 g/mol. The average molecular weight is 370 g/mol. The fraction of sp³-hybridized carbons (Fsp3) is 0.467. The number of amides is 1. The Morgan fingerprint density at radius 3 is 2.91 bits per heavy atom. The van der Waals surface area contributed by atoms with E-state index in [4.69, 9.17) is 0 Å². The van der Waals surface area contributed by atoms with Gasteiger partial charge < -0.3 is 20.7 Å². The Bertz CT molecular complexity index is 545. The molecular formula is C15H20BrN3O3. The maximum absolute atomic E-state index is 11.8. The van der Waals surface area contributed by atoms with Crippen molar-refractivity contribution < 1.29 is 14.3 Å². The molecule has 1 fully saturated rings. The maximum Gasteiger partial charge on any atom is 0.315 e. The summed E-state index contributed by atoms with van der Waals surface area (Å²) in [4.78, 5) is 23.0. The summed E-state index contributed by atoms with van der Waals surface area (Å²) < 4.78 is 5.35. The van der Waals surface area contributed by atoms with Crippen LogP contribution < -0.4 is 16.0 Å². The van der Waals surface area contributed by atoms with Gasteiger partial charge in [0, 0.05) is 17.1 Å². The van der Waals surface area contributed by atoms with Crippen LogP contribution in [0.1, 0.15) is 19.3 Å². The van der Waals surface area contributed by atoms with Gasteiger partial charge in [0.2, 0.25) is 5.91 Å². The molecule has 1 unspecified atom stereocenters. The number of hydrogen-bond donors (Lipinski definition) is 3. The van der Waals surface area contributed by atoms with Crippen molar-refractivity contribution in [2.45, 2.75) is 25.3 Å². The Hall–Kier alpha value is -1.60. The first-order chi connectivity index (χ1) is 10.6. The van der Waals surface area contributed by atoms with Gasteiger partial charge in [-0.3, -0.25) is 9.59 Å². The van der Waals surface area contributed by atoms with Gasteiger partial charge in [-0.05, 0) is 37.6 Å². The number of ether oxygens (including phenoxy) is 1. The molecule has 1 aromatic rings. The van der Waals surface area contributed by atoms with E-state index in [1.54, 1.807) is 6.07 Å². The summed E-state index contributed by atoms with van der Waals surface area (Å²) in [7, 11) is 1.26. The van der Waals surface area contributed by atoms with Gasteiger partial charge in [0.15, 0.2) is 0 Å². The number of methoxy groups -OCH3 is 1. The van der Waals surface area contributed by atoms with E-state index < -0.39 is 11.9 Å². The predicted molar refractivity (Wildman–Crippen MR) is 88.9 cm³/mol. The quantitative estimate of drug-likeness (QED) is 0.528. The zero-order valence-electron chi connectivity index (χ0n) is 12.4. The third-order valence-electron chi connectivity index (χ3n) is 3.49. The highest BCUT2D eigenvalue weighted by Crippen LogP contribution is 2.26. The van der Waals surface area contributed by atoms with Crippen molar-refractivity contribution in [3.05, 3.63) is 22.7 Å². The Morgan fingerprint density at radius 1 is 1.41 bits per heavy atom. The van der Waals surface area contributed by atoms with Crippen molar-refractivity contribution in [2.24, 2.45) is 0 Å². The van der Waals surface area contributed by atoms with Gasteiger partial charge in [-0.2, -0.15) is 0 Å². The van der Waals surface area contributed by atoms with Gasteiger partial charge >= 0.3 is 5.97 Å². The number of nitrogens with one attached hydrogen (secondary N) is 3. The summed E-state index contributed by atoms with van der Waals surface area (Å²) >= 11 is 3.39. The normalized spacial score (nSPS) is 17.1. The molecule has 1 aromatic carbocycles. The van der Waals surface area contributed by atoms with Crippen molar-refractivity contribution in [2.75, 3.05) is 30.8 Å². The number of carbonyl (C=O) groups is 2. The molecule has 0 bridgehead atoms. The molecule has 0 aliphatic carbocycles. The van der Waals surface area contributed by atoms with Crippen molar-refractivity contribution in [1.29, 1.82) is 0 Å². The molecule has 0 radical (unpaired) electrons. The first-order valence-electron chi connectivity index (χ1n) is 7.22. The molecule has 1 aliphatic heterocycles. The SMILES string of the molecule is COC(=O)CC(=O)Nc1cc(Br)ccc1NCC1CCCN1. The highest BCUT2D eigenvalue weighted by Gasteiger charge is 2.15. The summed E-state index contributed by atoms with van der Waals surface area (Å²) in [5.41, 5.74) is 1.47. The fourth-order valence-electron chi connectivity index (χ4n) is 2.34. The second-order valence-corrected chi connectivity index (χ2v) is 6.08. The number of carbonyl (C=O) groups excluding carboxylic acids is 2. The third-order valence-corrected chi connectivity index (χ3v) is 3.98. The van der Waals surface area contributed by atoms with Crippen LogP contribution in [0.3, 0.4) is 0 Å². The average Bonchev–Trinajstić information content (AvgIpc) is 2.99. The maximum atomic E-state index is 11.8. The summed E-state index contributed by atoms with van der Waals surface area (Å²) in [6.45, 7) is 1.84. The van der Waals surface area contributed by atoms with Crippen molar-refractivity contribution in [3.8, 4) is 0 Å². The van der Waals surface area contributed by atoms with E-state index in [1.807, 2.05) is 12.1 Å². The third kappa shape index (κ3) is 4.99. The van der Waals surface area contributed by atoms with E-state index in [1.165, 1.54) is 13.5 Å². The van der Waals surface area contributed by atoms with Crippen molar-refractivity contribution in [3.63, 3.8) is 0 Å². The van der Waals surface area contributed by atoms with Gasteiger partial charge in [-0.15, -0.1) is 0 Å². The lowest BCUT2D eigenvalue weighted by atomic mass is 10.2. The van der Waals surface area contributed by atoms with Crippen LogP contribution in [0.4, 0.5) is 11.4 Å². The largest absolute Gasteiger partial charge is 0.469 e. The Labute approximate surface area is 138 Å². The molecular weight excluding hydrogens is 350 g/mol. The van der Waals surface area contributed by atoms with E-state index in [-0.39, 0.29) is 6.42 Å². The molecule has 120 valence electrons. The predicted octanol–water partition coefficient (Wildman–Crippen LogP) is 2.11. The van der Waals surface area contributed by atoms with E-state index in [0.29, 0.717) is 11.7 Å². The second-order valence-electron chi connectivity index (χ2n) is 5.17. The number of rotatable bonds is 6.